The summed E-state index contributed by atoms with van der Waals surface area (Å²) in [5.41, 5.74) is 0. The molecule has 0 aromatic carbocycles. The van der Waals surface area contributed by atoms with Crippen LogP contribution in [0, 0.1) is 17.8 Å². The number of aliphatic hydroxyl groups is 4. The van der Waals surface area contributed by atoms with Gasteiger partial charge in [0.2, 0.25) is 0 Å². The van der Waals surface area contributed by atoms with Gasteiger partial charge in [0.15, 0.2) is 0 Å². The van der Waals surface area contributed by atoms with Crippen LogP contribution in [0.25, 0.3) is 0 Å². The molecule has 6 heteroatoms. The number of carbonyl (C=O) groups is 1. The molecule has 0 aromatic heterocycles. The smallest absolute Gasteiger partial charge is 0.138 e. The second-order valence-electron chi connectivity index (χ2n) is 7.02. The average Bonchev–Trinajstić information content (AvgIpc) is 2.54. The first-order valence-corrected chi connectivity index (χ1v) is 8.77. The van der Waals surface area contributed by atoms with Crippen LogP contribution in [0.5, 0.6) is 0 Å². The van der Waals surface area contributed by atoms with Crippen LogP contribution in [0.15, 0.2) is 0 Å². The van der Waals surface area contributed by atoms with Crippen LogP contribution >= 0.6 is 0 Å². The van der Waals surface area contributed by atoms with Crippen molar-refractivity contribution in [2.45, 2.75) is 76.5 Å². The number of rotatable bonds is 5. The van der Waals surface area contributed by atoms with E-state index in [-0.39, 0.29) is 5.78 Å². The number of aliphatic hydroxyl groups excluding tert-OH is 4. The van der Waals surface area contributed by atoms with E-state index < -0.39 is 43.0 Å². The third kappa shape index (κ3) is 3.77. The molecule has 23 heavy (non-hydrogen) atoms. The highest BCUT2D eigenvalue weighted by Crippen LogP contribution is 2.40. The van der Waals surface area contributed by atoms with E-state index >= 15 is 0 Å². The van der Waals surface area contributed by atoms with Crippen molar-refractivity contribution in [3.63, 3.8) is 0 Å². The van der Waals surface area contributed by atoms with Gasteiger partial charge in [-0.2, -0.15) is 0 Å². The van der Waals surface area contributed by atoms with Crippen molar-refractivity contribution in [2.24, 2.45) is 17.8 Å². The number of hydrogen-bond acceptors (Lipinski definition) is 6. The van der Waals surface area contributed by atoms with Crippen molar-refractivity contribution >= 4 is 5.78 Å². The monoisotopic (exact) mass is 330 g/mol. The highest BCUT2D eigenvalue weighted by atomic mass is 16.5. The molecule has 0 bridgehead atoms. The van der Waals surface area contributed by atoms with Crippen LogP contribution in [0.4, 0.5) is 0 Å². The maximum Gasteiger partial charge on any atom is 0.138 e. The summed E-state index contributed by atoms with van der Waals surface area (Å²) in [4.78, 5) is 12.6. The fraction of sp³-hybridized carbons (Fsp3) is 0.941. The summed E-state index contributed by atoms with van der Waals surface area (Å²) in [5, 5.41) is 39.4. The van der Waals surface area contributed by atoms with Gasteiger partial charge in [-0.05, 0) is 18.3 Å². The van der Waals surface area contributed by atoms with Gasteiger partial charge in [0.1, 0.15) is 30.2 Å². The highest BCUT2D eigenvalue weighted by molar-refractivity contribution is 5.82. The van der Waals surface area contributed by atoms with E-state index in [1.807, 2.05) is 0 Å². The van der Waals surface area contributed by atoms with Crippen LogP contribution in [0.3, 0.4) is 0 Å². The molecule has 2 fully saturated rings. The lowest BCUT2D eigenvalue weighted by Crippen LogP contribution is -2.61. The van der Waals surface area contributed by atoms with Gasteiger partial charge >= 0.3 is 0 Å². The molecule has 1 heterocycles. The van der Waals surface area contributed by atoms with E-state index in [2.05, 4.69) is 13.8 Å². The van der Waals surface area contributed by atoms with Crippen molar-refractivity contribution in [1.82, 2.24) is 0 Å². The van der Waals surface area contributed by atoms with Crippen LogP contribution < -0.4 is 0 Å². The summed E-state index contributed by atoms with van der Waals surface area (Å²) in [6, 6.07) is 0. The first kappa shape index (κ1) is 18.8. The summed E-state index contributed by atoms with van der Waals surface area (Å²) in [6.07, 6.45) is -1.78. The highest BCUT2D eigenvalue weighted by Gasteiger charge is 2.50. The fourth-order valence-electron chi connectivity index (χ4n) is 4.22. The van der Waals surface area contributed by atoms with Crippen molar-refractivity contribution < 1.29 is 30.0 Å². The van der Waals surface area contributed by atoms with Crippen LogP contribution in [-0.4, -0.2) is 63.3 Å². The van der Waals surface area contributed by atoms with Crippen molar-refractivity contribution in [2.75, 3.05) is 6.61 Å². The molecule has 1 saturated carbocycles. The summed E-state index contributed by atoms with van der Waals surface area (Å²) < 4.78 is 5.60. The van der Waals surface area contributed by atoms with Crippen molar-refractivity contribution in [3.8, 4) is 0 Å². The van der Waals surface area contributed by atoms with E-state index in [4.69, 9.17) is 4.74 Å². The zero-order valence-corrected chi connectivity index (χ0v) is 14.0. The lowest BCUT2D eigenvalue weighted by molar-refractivity contribution is -0.242. The Balaban J connectivity index is 2.14. The fourth-order valence-corrected chi connectivity index (χ4v) is 4.22. The Hall–Kier alpha value is -0.530. The molecule has 134 valence electrons. The zero-order chi connectivity index (χ0) is 17.1. The molecule has 0 amide bonds. The average molecular weight is 330 g/mol. The SMILES string of the molecule is CCC[C@H]1CC(=O)[C@@H](C2OC(CO)C(O)C(O)C2O)C[C@@H]1CC. The summed E-state index contributed by atoms with van der Waals surface area (Å²) >= 11 is 0. The quantitative estimate of drug-likeness (QED) is 0.576. The van der Waals surface area contributed by atoms with E-state index in [9.17, 15) is 25.2 Å². The molecule has 5 unspecified atom stereocenters. The molecule has 6 nitrogen and oxygen atoms in total. The van der Waals surface area contributed by atoms with Gasteiger partial charge in [0, 0.05) is 12.3 Å². The zero-order valence-electron chi connectivity index (χ0n) is 14.0. The van der Waals surface area contributed by atoms with E-state index in [0.717, 1.165) is 19.3 Å². The lowest BCUT2D eigenvalue weighted by Gasteiger charge is -2.45. The number of carbonyl (C=O) groups excluding carboxylic acids is 1. The summed E-state index contributed by atoms with van der Waals surface area (Å²) in [6.45, 7) is 3.76. The minimum atomic E-state index is -1.41. The van der Waals surface area contributed by atoms with Crippen LogP contribution in [-0.2, 0) is 9.53 Å². The van der Waals surface area contributed by atoms with E-state index in [1.165, 1.54) is 0 Å². The maximum atomic E-state index is 12.6. The maximum absolute atomic E-state index is 12.6. The number of ketones is 1. The summed E-state index contributed by atoms with van der Waals surface area (Å²) in [7, 11) is 0. The van der Waals surface area contributed by atoms with Crippen LogP contribution in [0.2, 0.25) is 0 Å². The van der Waals surface area contributed by atoms with Crippen molar-refractivity contribution in [3.05, 3.63) is 0 Å². The minimum absolute atomic E-state index is 0.0532. The predicted octanol–water partition coefficient (Wildman–Crippen LogP) is 0.250. The van der Waals surface area contributed by atoms with Gasteiger partial charge in [-0.15, -0.1) is 0 Å². The molecule has 0 aromatic rings. The Labute approximate surface area is 137 Å². The standard InChI is InChI=1S/C17H30O6/c1-3-5-10-7-12(19)11(6-9(10)4-2)17-16(22)15(21)14(20)13(8-18)23-17/h9-11,13-18,20-22H,3-8H2,1-2H3/t9-,10-,11-,13?,14?,15?,16?,17?/m0/s1. The van der Waals surface area contributed by atoms with E-state index in [0.29, 0.717) is 24.7 Å². The molecule has 0 spiro atoms. The van der Waals surface area contributed by atoms with Gasteiger partial charge in [-0.25, -0.2) is 0 Å². The second-order valence-corrected chi connectivity index (χ2v) is 7.02. The van der Waals surface area contributed by atoms with Gasteiger partial charge < -0.3 is 25.2 Å². The third-order valence-electron chi connectivity index (χ3n) is 5.61. The molecule has 8 atom stereocenters. The first-order valence-electron chi connectivity index (χ1n) is 8.77. The van der Waals surface area contributed by atoms with E-state index in [1.54, 1.807) is 0 Å². The number of hydrogen-bond donors (Lipinski definition) is 4. The van der Waals surface area contributed by atoms with Crippen LogP contribution in [0.1, 0.15) is 46.0 Å². The Morgan fingerprint density at radius 3 is 2.35 bits per heavy atom. The number of Topliss-reactive ketones (excluding diaryl/α,β-unsaturated/α-hetero) is 1. The predicted molar refractivity (Wildman–Crippen MR) is 83.7 cm³/mol. The first-order chi connectivity index (χ1) is 10.9. The Morgan fingerprint density at radius 2 is 1.78 bits per heavy atom. The second kappa shape index (κ2) is 8.03. The Kier molecular flexibility index (Phi) is 6.57. The third-order valence-corrected chi connectivity index (χ3v) is 5.61. The van der Waals surface area contributed by atoms with Gasteiger partial charge in [-0.1, -0.05) is 33.1 Å². The van der Waals surface area contributed by atoms with Gasteiger partial charge in [0.25, 0.3) is 0 Å². The molecule has 4 N–H and O–H groups in total. The lowest BCUT2D eigenvalue weighted by atomic mass is 9.67. The molecular formula is C17H30O6. The number of ether oxygens (including phenoxy) is 1. The Morgan fingerprint density at radius 1 is 1.09 bits per heavy atom. The molecule has 1 aliphatic carbocycles. The topological polar surface area (TPSA) is 107 Å². The molecule has 1 aliphatic heterocycles. The molecule has 2 rings (SSSR count). The molecule has 0 radical (unpaired) electrons. The van der Waals surface area contributed by atoms with Gasteiger partial charge in [-0.3, -0.25) is 4.79 Å². The molecular weight excluding hydrogens is 300 g/mol. The normalized spacial score (nSPS) is 45.2. The largest absolute Gasteiger partial charge is 0.394 e. The molecule has 1 saturated heterocycles. The van der Waals surface area contributed by atoms with Gasteiger partial charge in [0.05, 0.1) is 12.7 Å². The molecule has 2 aliphatic rings. The summed E-state index contributed by atoms with van der Waals surface area (Å²) in [5.74, 6) is 0.334. The minimum Gasteiger partial charge on any atom is -0.394 e. The Bertz CT molecular complexity index is 399. The van der Waals surface area contributed by atoms with Crippen molar-refractivity contribution in [1.29, 1.82) is 0 Å².